The molecule has 5 heteroatoms. The van der Waals surface area contributed by atoms with Gasteiger partial charge in [-0.05, 0) is 5.92 Å². The van der Waals surface area contributed by atoms with Crippen LogP contribution < -0.4 is 37.7 Å². The van der Waals surface area contributed by atoms with E-state index in [1.54, 1.807) is 7.11 Å². The van der Waals surface area contributed by atoms with E-state index in [2.05, 4.69) is 6.92 Å². The van der Waals surface area contributed by atoms with Crippen molar-refractivity contribution in [2.45, 2.75) is 13.0 Å². The summed E-state index contributed by atoms with van der Waals surface area (Å²) in [5.41, 5.74) is 0. The van der Waals surface area contributed by atoms with Gasteiger partial charge in [-0.15, -0.1) is 5.75 Å². The number of methoxy groups -OCH3 is 1. The molecule has 0 rings (SSSR count). The average molecular weight is 178 g/mol. The Morgan fingerprint density at radius 3 is 1.73 bits per heavy atom. The zero-order valence-electron chi connectivity index (χ0n) is 7.79. The molecule has 0 spiro atoms. The molecule has 0 aromatic carbocycles. The molecule has 11 heavy (non-hydrogen) atoms. The molecule has 2 atom stereocenters. The van der Waals surface area contributed by atoms with E-state index in [1.807, 2.05) is 0 Å². The van der Waals surface area contributed by atoms with Crippen molar-refractivity contribution in [3.8, 4) is 0 Å². The van der Waals surface area contributed by atoms with Crippen molar-refractivity contribution in [1.29, 1.82) is 0 Å². The largest absolute Gasteiger partial charge is 1.00 e. The molecule has 0 aliphatic carbocycles. The van der Waals surface area contributed by atoms with Gasteiger partial charge in [-0.2, -0.15) is 5.75 Å². The van der Waals surface area contributed by atoms with E-state index >= 15 is 0 Å². The zero-order chi connectivity index (χ0) is 7.28. The van der Waals surface area contributed by atoms with E-state index in [1.165, 1.54) is 0 Å². The fourth-order valence-corrected chi connectivity index (χ4v) is 1.25. The van der Waals surface area contributed by atoms with Gasteiger partial charge in [0.1, 0.15) is 0 Å². The third kappa shape index (κ3) is 8.19. The smallest absolute Gasteiger partial charge is 0.792 e. The van der Waals surface area contributed by atoms with Crippen molar-refractivity contribution in [1.82, 2.24) is 0 Å². The minimum Gasteiger partial charge on any atom is -0.792 e. The second-order valence-corrected chi connectivity index (χ2v) is 2.75. The monoisotopic (exact) mass is 178 g/mol. The van der Waals surface area contributed by atoms with E-state index < -0.39 is 0 Å². The van der Waals surface area contributed by atoms with Gasteiger partial charge in [-0.25, -0.2) is 0 Å². The Bertz CT molecular complexity index is 71.6. The van der Waals surface area contributed by atoms with Crippen molar-refractivity contribution in [2.24, 2.45) is 5.92 Å². The maximum atomic E-state index is 5.08. The van der Waals surface area contributed by atoms with E-state index in [0.29, 0.717) is 11.7 Å². The maximum Gasteiger partial charge on any atom is 1.00 e. The van der Waals surface area contributed by atoms with Crippen molar-refractivity contribution >= 4 is 25.3 Å². The van der Waals surface area contributed by atoms with Crippen molar-refractivity contribution in [2.75, 3.05) is 18.6 Å². The van der Waals surface area contributed by atoms with Gasteiger partial charge in [0.15, 0.2) is 0 Å². The Morgan fingerprint density at radius 1 is 1.18 bits per heavy atom. The van der Waals surface area contributed by atoms with Gasteiger partial charge < -0.3 is 30.0 Å². The van der Waals surface area contributed by atoms with Crippen LogP contribution in [0.3, 0.4) is 0 Å². The second kappa shape index (κ2) is 11.9. The molecular formula is C6H12Li2OS2. The van der Waals surface area contributed by atoms with Gasteiger partial charge in [0.25, 0.3) is 0 Å². The van der Waals surface area contributed by atoms with Crippen LogP contribution in [0.5, 0.6) is 0 Å². The van der Waals surface area contributed by atoms with Crippen molar-refractivity contribution in [3.05, 3.63) is 0 Å². The van der Waals surface area contributed by atoms with Crippen LogP contribution in [0.25, 0.3) is 0 Å². The molecule has 1 nitrogen and oxygen atoms in total. The minimum atomic E-state index is 0. The molecule has 2 unspecified atom stereocenters. The minimum absolute atomic E-state index is 0. The van der Waals surface area contributed by atoms with Crippen molar-refractivity contribution < 1.29 is 42.5 Å². The van der Waals surface area contributed by atoms with E-state index in [9.17, 15) is 0 Å². The Kier molecular flexibility index (Phi) is 20.0. The second-order valence-electron chi connectivity index (χ2n) is 2.08. The summed E-state index contributed by atoms with van der Waals surface area (Å²) >= 11 is 9.70. The quantitative estimate of drug-likeness (QED) is 0.314. The van der Waals surface area contributed by atoms with Gasteiger partial charge in [-0.1, -0.05) is 6.92 Å². The predicted octanol–water partition coefficient (Wildman–Crippen LogP) is -5.26. The molecule has 0 N–H and O–H groups in total. The molecule has 0 aliphatic rings. The molecule has 0 fully saturated rings. The molecule has 0 aromatic rings. The van der Waals surface area contributed by atoms with Crippen LogP contribution in [-0.4, -0.2) is 24.7 Å². The average Bonchev–Trinajstić information content (AvgIpc) is 1.90. The van der Waals surface area contributed by atoms with E-state index in [-0.39, 0.29) is 43.8 Å². The molecule has 0 saturated heterocycles. The molecule has 56 valence electrons. The summed E-state index contributed by atoms with van der Waals surface area (Å²) in [6, 6.07) is 0. The first-order valence-electron chi connectivity index (χ1n) is 2.95. The third-order valence-electron chi connectivity index (χ3n) is 1.36. The SMILES string of the molecule is COC(C[S-])C(C)C[S-].[Li+].[Li+]. The maximum absolute atomic E-state index is 5.08. The molecule has 0 aliphatic heterocycles. The van der Waals surface area contributed by atoms with Gasteiger partial charge in [0.05, 0.1) is 0 Å². The Labute approximate surface area is 105 Å². The van der Waals surface area contributed by atoms with Gasteiger partial charge >= 0.3 is 37.7 Å². The first kappa shape index (κ1) is 18.6. The predicted molar refractivity (Wildman–Crippen MR) is 44.4 cm³/mol. The van der Waals surface area contributed by atoms with Crippen LogP contribution in [0.2, 0.25) is 0 Å². The number of rotatable bonds is 4. The summed E-state index contributed by atoms with van der Waals surface area (Å²) in [6.45, 7) is 2.06. The van der Waals surface area contributed by atoms with Gasteiger partial charge in [-0.3, -0.25) is 0 Å². The summed E-state index contributed by atoms with van der Waals surface area (Å²) < 4.78 is 5.08. The summed E-state index contributed by atoms with van der Waals surface area (Å²) in [5, 5.41) is 0. The first-order chi connectivity index (χ1) is 4.26. The standard InChI is InChI=1S/C6H14OS2.2Li/c1-5(3-8)6(4-9)7-2;;/h5-6,8-9H,3-4H2,1-2H3;;/q;2*+1/p-2. The molecule has 0 aromatic heterocycles. The van der Waals surface area contributed by atoms with Crippen LogP contribution >= 0.6 is 0 Å². The molecule has 0 amide bonds. The summed E-state index contributed by atoms with van der Waals surface area (Å²) in [7, 11) is 1.68. The topological polar surface area (TPSA) is 9.23 Å². The molecule has 0 bridgehead atoms. The summed E-state index contributed by atoms with van der Waals surface area (Å²) in [6.07, 6.45) is 0.178. The van der Waals surface area contributed by atoms with E-state index in [4.69, 9.17) is 30.0 Å². The first-order valence-corrected chi connectivity index (χ1v) is 4.10. The van der Waals surface area contributed by atoms with Crippen LogP contribution in [0.1, 0.15) is 6.92 Å². The van der Waals surface area contributed by atoms with Crippen molar-refractivity contribution in [3.63, 3.8) is 0 Å². The van der Waals surface area contributed by atoms with Crippen LogP contribution in [0.15, 0.2) is 0 Å². The normalized spacial score (nSPS) is 14.2. The molecule has 0 radical (unpaired) electrons. The summed E-state index contributed by atoms with van der Waals surface area (Å²) in [4.78, 5) is 0. The van der Waals surface area contributed by atoms with Crippen LogP contribution in [-0.2, 0) is 30.0 Å². The third-order valence-corrected chi connectivity index (χ3v) is 2.22. The number of hydrogen-bond donors (Lipinski definition) is 0. The molecular weight excluding hydrogens is 166 g/mol. The van der Waals surface area contributed by atoms with Gasteiger partial charge in [0, 0.05) is 13.2 Å². The fraction of sp³-hybridized carbons (Fsp3) is 1.00. The Morgan fingerprint density at radius 2 is 1.64 bits per heavy atom. The van der Waals surface area contributed by atoms with E-state index in [0.717, 1.165) is 5.75 Å². The molecule has 0 heterocycles. The van der Waals surface area contributed by atoms with Crippen LogP contribution in [0, 0.1) is 5.92 Å². The number of hydrogen-bond acceptors (Lipinski definition) is 3. The van der Waals surface area contributed by atoms with Gasteiger partial charge in [0.2, 0.25) is 0 Å². The Hall–Kier alpha value is 1.85. The number of ether oxygens (including phenoxy) is 1. The fourth-order valence-electron chi connectivity index (χ4n) is 0.572. The summed E-state index contributed by atoms with van der Waals surface area (Å²) in [5.74, 6) is 1.80. The zero-order valence-corrected chi connectivity index (χ0v) is 9.43. The Balaban J connectivity index is -0.000000320. The van der Waals surface area contributed by atoms with Crippen LogP contribution in [0.4, 0.5) is 0 Å². The molecule has 0 saturated carbocycles.